The fourth-order valence-electron chi connectivity index (χ4n) is 3.18. The topological polar surface area (TPSA) is 67.8 Å². The minimum Gasteiger partial charge on any atom is -0.319 e. The third-order valence-electron chi connectivity index (χ3n) is 4.54. The van der Waals surface area contributed by atoms with Crippen LogP contribution in [0.1, 0.15) is 23.8 Å². The molecule has 0 unspecified atom stereocenters. The van der Waals surface area contributed by atoms with Gasteiger partial charge in [0.25, 0.3) is 11.1 Å². The van der Waals surface area contributed by atoms with E-state index in [0.717, 1.165) is 29.5 Å². The molecule has 0 aliphatic heterocycles. The van der Waals surface area contributed by atoms with Gasteiger partial charge in [-0.1, -0.05) is 6.92 Å². The summed E-state index contributed by atoms with van der Waals surface area (Å²) in [5, 5.41) is 0.740. The summed E-state index contributed by atoms with van der Waals surface area (Å²) in [7, 11) is 1.69. The number of nitrogens with zero attached hydrogens (tertiary/aromatic N) is 2. The first kappa shape index (κ1) is 14.4. The molecule has 1 aliphatic carbocycles. The molecule has 0 aromatic carbocycles. The van der Waals surface area contributed by atoms with Gasteiger partial charge in [0, 0.05) is 29.8 Å². The summed E-state index contributed by atoms with van der Waals surface area (Å²) in [5.41, 5.74) is 1.60. The molecule has 3 aromatic heterocycles. The Bertz CT molecular complexity index is 1030. The fraction of sp³-hybridized carbons (Fsp3) is 0.353. The van der Waals surface area contributed by atoms with Crippen LogP contribution in [0.3, 0.4) is 0 Å². The van der Waals surface area contributed by atoms with Gasteiger partial charge < -0.3 is 9.55 Å². The van der Waals surface area contributed by atoms with Crippen molar-refractivity contribution in [3.63, 3.8) is 0 Å². The maximum Gasteiger partial charge on any atom is 0.260 e. The summed E-state index contributed by atoms with van der Waals surface area (Å²) in [6.45, 7) is 2.25. The van der Waals surface area contributed by atoms with E-state index in [4.69, 9.17) is 0 Å². The normalized spacial score (nSPS) is 17.4. The van der Waals surface area contributed by atoms with Crippen molar-refractivity contribution in [3.05, 3.63) is 49.5 Å². The van der Waals surface area contributed by atoms with Crippen LogP contribution in [0, 0.1) is 5.92 Å². The first-order valence-electron chi connectivity index (χ1n) is 7.74. The van der Waals surface area contributed by atoms with E-state index in [1.165, 1.54) is 21.1 Å². The number of aryl methyl sites for hydroxylation is 2. The van der Waals surface area contributed by atoms with Crippen molar-refractivity contribution in [2.24, 2.45) is 13.0 Å². The van der Waals surface area contributed by atoms with E-state index in [9.17, 15) is 9.59 Å². The Morgan fingerprint density at radius 2 is 2.22 bits per heavy atom. The summed E-state index contributed by atoms with van der Waals surface area (Å²) >= 11 is 1.62. The SMILES string of the molecule is C[C@H]1CCc2c(sc3nc(-c4ccn(C)c(=O)c4)[nH]c(=O)c23)C1. The molecule has 0 saturated heterocycles. The molecule has 6 heteroatoms. The van der Waals surface area contributed by atoms with E-state index < -0.39 is 0 Å². The van der Waals surface area contributed by atoms with E-state index in [1.807, 2.05) is 0 Å². The van der Waals surface area contributed by atoms with Crippen molar-refractivity contribution in [2.45, 2.75) is 26.2 Å². The zero-order valence-corrected chi connectivity index (χ0v) is 13.9. The maximum absolute atomic E-state index is 12.6. The lowest BCUT2D eigenvalue weighted by Gasteiger charge is -2.17. The van der Waals surface area contributed by atoms with Gasteiger partial charge >= 0.3 is 0 Å². The quantitative estimate of drug-likeness (QED) is 0.746. The number of thiophene rings is 1. The van der Waals surface area contributed by atoms with Crippen LogP contribution in [0.2, 0.25) is 0 Å². The molecule has 0 spiro atoms. The predicted molar refractivity (Wildman–Crippen MR) is 92.1 cm³/mol. The lowest BCUT2D eigenvalue weighted by molar-refractivity contribution is 0.509. The Hall–Kier alpha value is -2.21. The Labute approximate surface area is 136 Å². The molecule has 0 bridgehead atoms. The van der Waals surface area contributed by atoms with Crippen LogP contribution in [0.4, 0.5) is 0 Å². The van der Waals surface area contributed by atoms with Crippen LogP contribution in [0.5, 0.6) is 0 Å². The number of pyridine rings is 1. The van der Waals surface area contributed by atoms with Crippen molar-refractivity contribution in [2.75, 3.05) is 0 Å². The Balaban J connectivity index is 1.92. The molecule has 0 amide bonds. The largest absolute Gasteiger partial charge is 0.319 e. The fourth-order valence-corrected chi connectivity index (χ4v) is 4.56. The minimum absolute atomic E-state index is 0.0993. The van der Waals surface area contributed by atoms with Crippen LogP contribution in [0.15, 0.2) is 27.9 Å². The number of nitrogens with one attached hydrogen (secondary N) is 1. The Morgan fingerprint density at radius 3 is 3.00 bits per heavy atom. The Morgan fingerprint density at radius 1 is 1.39 bits per heavy atom. The van der Waals surface area contributed by atoms with E-state index in [0.29, 0.717) is 17.3 Å². The molecule has 0 radical (unpaired) electrons. The smallest absolute Gasteiger partial charge is 0.260 e. The molecule has 1 N–H and O–H groups in total. The van der Waals surface area contributed by atoms with Gasteiger partial charge in [0.1, 0.15) is 10.7 Å². The summed E-state index contributed by atoms with van der Waals surface area (Å²) < 4.78 is 1.49. The summed E-state index contributed by atoms with van der Waals surface area (Å²) in [4.78, 5) is 33.9. The lowest BCUT2D eigenvalue weighted by Crippen LogP contribution is -2.16. The highest BCUT2D eigenvalue weighted by Crippen LogP contribution is 2.36. The minimum atomic E-state index is -0.121. The van der Waals surface area contributed by atoms with Gasteiger partial charge in [-0.2, -0.15) is 0 Å². The highest BCUT2D eigenvalue weighted by molar-refractivity contribution is 7.18. The average molecular weight is 327 g/mol. The number of aromatic amines is 1. The highest BCUT2D eigenvalue weighted by Gasteiger charge is 2.23. The van der Waals surface area contributed by atoms with Gasteiger partial charge in [-0.05, 0) is 36.8 Å². The van der Waals surface area contributed by atoms with Crippen LogP contribution in [-0.2, 0) is 19.9 Å². The van der Waals surface area contributed by atoms with E-state index in [2.05, 4.69) is 16.9 Å². The van der Waals surface area contributed by atoms with E-state index in [-0.39, 0.29) is 11.1 Å². The number of fused-ring (bicyclic) bond motifs is 3. The molecule has 5 nitrogen and oxygen atoms in total. The van der Waals surface area contributed by atoms with Crippen LogP contribution in [-0.4, -0.2) is 14.5 Å². The van der Waals surface area contributed by atoms with Gasteiger partial charge in [-0.3, -0.25) is 9.59 Å². The standard InChI is InChI=1S/C17H17N3O2S/c1-9-3-4-11-12(7-9)23-17-14(11)16(22)18-15(19-17)10-5-6-20(2)13(21)8-10/h5-6,8-9H,3-4,7H2,1-2H3,(H,18,19,22)/t9-/m0/s1. The first-order chi connectivity index (χ1) is 11.0. The third-order valence-corrected chi connectivity index (χ3v) is 5.69. The van der Waals surface area contributed by atoms with Crippen molar-refractivity contribution in [3.8, 4) is 11.4 Å². The van der Waals surface area contributed by atoms with Crippen LogP contribution < -0.4 is 11.1 Å². The summed E-state index contributed by atoms with van der Waals surface area (Å²) in [6.07, 6.45) is 4.78. The summed E-state index contributed by atoms with van der Waals surface area (Å²) in [6, 6.07) is 3.29. The van der Waals surface area contributed by atoms with Crippen LogP contribution >= 0.6 is 11.3 Å². The zero-order valence-electron chi connectivity index (χ0n) is 13.0. The molecule has 4 rings (SSSR count). The molecule has 118 valence electrons. The van der Waals surface area contributed by atoms with Crippen molar-refractivity contribution >= 4 is 21.6 Å². The number of hydrogen-bond donors (Lipinski definition) is 1. The lowest BCUT2D eigenvalue weighted by atomic mass is 9.89. The number of rotatable bonds is 1. The molecule has 1 aliphatic rings. The Kier molecular flexibility index (Phi) is 3.23. The molecule has 3 heterocycles. The second kappa shape index (κ2) is 5.16. The number of aromatic nitrogens is 3. The maximum atomic E-state index is 12.6. The van der Waals surface area contributed by atoms with E-state index >= 15 is 0 Å². The molecular formula is C17H17N3O2S. The van der Waals surface area contributed by atoms with Gasteiger partial charge in [0.2, 0.25) is 0 Å². The molecule has 23 heavy (non-hydrogen) atoms. The molecule has 0 fully saturated rings. The highest BCUT2D eigenvalue weighted by atomic mass is 32.1. The second-order valence-electron chi connectivity index (χ2n) is 6.31. The molecule has 3 aromatic rings. The van der Waals surface area contributed by atoms with Crippen molar-refractivity contribution in [1.82, 2.24) is 14.5 Å². The molecule has 0 saturated carbocycles. The summed E-state index contributed by atoms with van der Waals surface area (Å²) in [5.74, 6) is 1.12. The van der Waals surface area contributed by atoms with Gasteiger partial charge in [-0.15, -0.1) is 11.3 Å². The average Bonchev–Trinajstić information content (AvgIpc) is 2.87. The van der Waals surface area contributed by atoms with Crippen molar-refractivity contribution in [1.29, 1.82) is 0 Å². The molecule has 1 atom stereocenters. The van der Waals surface area contributed by atoms with Crippen LogP contribution in [0.25, 0.3) is 21.6 Å². The van der Waals surface area contributed by atoms with Crippen molar-refractivity contribution < 1.29 is 0 Å². The monoisotopic (exact) mass is 327 g/mol. The van der Waals surface area contributed by atoms with Gasteiger partial charge in [0.05, 0.1) is 5.39 Å². The van der Waals surface area contributed by atoms with E-state index in [1.54, 1.807) is 30.6 Å². The number of hydrogen-bond acceptors (Lipinski definition) is 4. The predicted octanol–water partition coefficient (Wildman–Crippen LogP) is 2.48. The van der Waals surface area contributed by atoms with Gasteiger partial charge in [-0.25, -0.2) is 4.98 Å². The molecular weight excluding hydrogens is 310 g/mol. The number of H-pyrrole nitrogens is 1. The third kappa shape index (κ3) is 2.34. The zero-order chi connectivity index (χ0) is 16.1. The van der Waals surface area contributed by atoms with Gasteiger partial charge in [0.15, 0.2) is 0 Å². The first-order valence-corrected chi connectivity index (χ1v) is 8.56. The second-order valence-corrected chi connectivity index (χ2v) is 7.39.